The van der Waals surface area contributed by atoms with Gasteiger partial charge in [0.1, 0.15) is 5.75 Å². The first kappa shape index (κ1) is 14.2. The third kappa shape index (κ3) is 3.47. The summed E-state index contributed by atoms with van der Waals surface area (Å²) in [4.78, 5) is 2.16. The van der Waals surface area contributed by atoms with Gasteiger partial charge in [0, 0.05) is 19.2 Å². The van der Waals surface area contributed by atoms with Gasteiger partial charge < -0.3 is 10.0 Å². The summed E-state index contributed by atoms with van der Waals surface area (Å²) in [5.74, 6) is 0.189. The zero-order valence-electron chi connectivity index (χ0n) is 12.3. The van der Waals surface area contributed by atoms with Gasteiger partial charge in [-0.3, -0.25) is 0 Å². The van der Waals surface area contributed by atoms with E-state index in [1.54, 1.807) is 6.07 Å². The molecule has 0 saturated carbocycles. The van der Waals surface area contributed by atoms with Crippen molar-refractivity contribution in [2.45, 2.75) is 13.1 Å². The molecule has 0 heterocycles. The average molecular weight is 288 g/mol. The molecule has 0 aromatic heterocycles. The van der Waals surface area contributed by atoms with Gasteiger partial charge in [-0.1, -0.05) is 72.8 Å². The molecule has 0 amide bonds. The van der Waals surface area contributed by atoms with Crippen LogP contribution < -0.4 is 4.90 Å². The summed E-state index contributed by atoms with van der Waals surface area (Å²) in [5.41, 5.74) is 3.22. The van der Waals surface area contributed by atoms with Crippen LogP contribution in [0.4, 0.5) is 5.69 Å². The van der Waals surface area contributed by atoms with E-state index in [4.69, 9.17) is 0 Å². The van der Waals surface area contributed by atoms with Crippen LogP contribution in [-0.2, 0) is 13.1 Å². The smallest absolute Gasteiger partial charge is 0.146 e. The van der Waals surface area contributed by atoms with E-state index in [1.807, 2.05) is 48.5 Å². The SMILES string of the molecule is Oc1[c]cccc1N(Cc1ccccc1)Cc1ccccc1. The predicted molar refractivity (Wildman–Crippen MR) is 89.7 cm³/mol. The van der Waals surface area contributed by atoms with Gasteiger partial charge in [-0.2, -0.15) is 0 Å². The largest absolute Gasteiger partial charge is 0.505 e. The number of para-hydroxylation sites is 1. The van der Waals surface area contributed by atoms with E-state index >= 15 is 0 Å². The number of aromatic hydroxyl groups is 1. The maximum Gasteiger partial charge on any atom is 0.146 e. The molecule has 2 heteroatoms. The number of hydrogen-bond donors (Lipinski definition) is 1. The van der Waals surface area contributed by atoms with Crippen LogP contribution in [-0.4, -0.2) is 5.11 Å². The fourth-order valence-corrected chi connectivity index (χ4v) is 2.51. The molecular weight excluding hydrogens is 270 g/mol. The quantitative estimate of drug-likeness (QED) is 0.752. The molecule has 109 valence electrons. The van der Waals surface area contributed by atoms with Gasteiger partial charge >= 0.3 is 0 Å². The Balaban J connectivity index is 1.90. The highest BCUT2D eigenvalue weighted by Crippen LogP contribution is 2.28. The van der Waals surface area contributed by atoms with Crippen molar-refractivity contribution in [2.24, 2.45) is 0 Å². The van der Waals surface area contributed by atoms with E-state index in [2.05, 4.69) is 35.2 Å². The maximum atomic E-state index is 10.1. The van der Waals surface area contributed by atoms with Gasteiger partial charge in [0.2, 0.25) is 0 Å². The molecule has 3 rings (SSSR count). The molecule has 0 fully saturated rings. The summed E-state index contributed by atoms with van der Waals surface area (Å²) in [6, 6.07) is 29.0. The highest BCUT2D eigenvalue weighted by atomic mass is 16.3. The molecular formula is C20H18NO. The molecule has 0 aliphatic carbocycles. The second-order valence-corrected chi connectivity index (χ2v) is 5.23. The number of rotatable bonds is 5. The summed E-state index contributed by atoms with van der Waals surface area (Å²) in [5, 5.41) is 10.1. The van der Waals surface area contributed by atoms with Crippen molar-refractivity contribution in [3.8, 4) is 5.75 Å². The van der Waals surface area contributed by atoms with E-state index in [0.717, 1.165) is 18.8 Å². The summed E-state index contributed by atoms with van der Waals surface area (Å²) in [7, 11) is 0. The highest BCUT2D eigenvalue weighted by Gasteiger charge is 2.12. The first-order valence-electron chi connectivity index (χ1n) is 7.35. The van der Waals surface area contributed by atoms with Crippen molar-refractivity contribution < 1.29 is 5.11 Å². The molecule has 0 unspecified atom stereocenters. The minimum Gasteiger partial charge on any atom is -0.505 e. The number of hydrogen-bond acceptors (Lipinski definition) is 2. The monoisotopic (exact) mass is 288 g/mol. The van der Waals surface area contributed by atoms with Gasteiger partial charge in [0.25, 0.3) is 0 Å². The van der Waals surface area contributed by atoms with Gasteiger partial charge in [-0.05, 0) is 17.2 Å². The number of phenolic OH excluding ortho intramolecular Hbond substituents is 1. The lowest BCUT2D eigenvalue weighted by molar-refractivity contribution is 0.472. The van der Waals surface area contributed by atoms with Crippen molar-refractivity contribution in [1.29, 1.82) is 0 Å². The third-order valence-electron chi connectivity index (χ3n) is 3.59. The van der Waals surface area contributed by atoms with Crippen molar-refractivity contribution in [3.05, 3.63) is 96.1 Å². The number of nitrogens with zero attached hydrogens (tertiary/aromatic N) is 1. The Bertz CT molecular complexity index is 669. The standard InChI is InChI=1S/C20H18NO/c22-20-14-8-7-13-19(20)21(15-17-9-3-1-4-10-17)16-18-11-5-2-6-12-18/h1-13,22H,15-16H2. The molecule has 0 bridgehead atoms. The number of benzene rings is 3. The van der Waals surface area contributed by atoms with Crippen LogP contribution in [0.15, 0.2) is 78.9 Å². The minimum atomic E-state index is 0.189. The molecule has 3 aromatic carbocycles. The molecule has 0 saturated heterocycles. The van der Waals surface area contributed by atoms with Crippen LogP contribution in [0.3, 0.4) is 0 Å². The van der Waals surface area contributed by atoms with Crippen LogP contribution in [0.5, 0.6) is 5.75 Å². The van der Waals surface area contributed by atoms with Gasteiger partial charge in [-0.25, -0.2) is 0 Å². The Morgan fingerprint density at radius 1 is 0.727 bits per heavy atom. The van der Waals surface area contributed by atoms with E-state index < -0.39 is 0 Å². The first-order chi connectivity index (χ1) is 10.8. The zero-order valence-corrected chi connectivity index (χ0v) is 12.3. The Morgan fingerprint density at radius 2 is 1.27 bits per heavy atom. The van der Waals surface area contributed by atoms with Crippen LogP contribution >= 0.6 is 0 Å². The second kappa shape index (κ2) is 6.81. The lowest BCUT2D eigenvalue weighted by Gasteiger charge is -2.26. The lowest BCUT2D eigenvalue weighted by atomic mass is 10.1. The van der Waals surface area contributed by atoms with E-state index in [0.29, 0.717) is 0 Å². The first-order valence-corrected chi connectivity index (χ1v) is 7.35. The topological polar surface area (TPSA) is 23.5 Å². The lowest BCUT2D eigenvalue weighted by Crippen LogP contribution is -2.22. The maximum absolute atomic E-state index is 10.1. The Morgan fingerprint density at radius 3 is 1.77 bits per heavy atom. The van der Waals surface area contributed by atoms with Crippen molar-refractivity contribution in [1.82, 2.24) is 0 Å². The van der Waals surface area contributed by atoms with Crippen molar-refractivity contribution in [2.75, 3.05) is 4.90 Å². The predicted octanol–water partition coefficient (Wildman–Crippen LogP) is 4.40. The molecule has 1 radical (unpaired) electrons. The summed E-state index contributed by atoms with van der Waals surface area (Å²) < 4.78 is 0. The van der Waals surface area contributed by atoms with Crippen LogP contribution in [0, 0.1) is 6.07 Å². The fraction of sp³-hybridized carbons (Fsp3) is 0.100. The van der Waals surface area contributed by atoms with Crippen molar-refractivity contribution >= 4 is 5.69 Å². The Hall–Kier alpha value is -2.74. The molecule has 22 heavy (non-hydrogen) atoms. The molecule has 2 nitrogen and oxygen atoms in total. The van der Waals surface area contributed by atoms with Gasteiger partial charge in [0.05, 0.1) is 5.69 Å². The second-order valence-electron chi connectivity index (χ2n) is 5.23. The van der Waals surface area contributed by atoms with Gasteiger partial charge in [-0.15, -0.1) is 0 Å². The summed E-state index contributed by atoms with van der Waals surface area (Å²) >= 11 is 0. The Kier molecular flexibility index (Phi) is 4.40. The number of anilines is 1. The molecule has 0 atom stereocenters. The van der Waals surface area contributed by atoms with E-state index in [1.165, 1.54) is 11.1 Å². The van der Waals surface area contributed by atoms with Crippen LogP contribution in [0.2, 0.25) is 0 Å². The highest BCUT2D eigenvalue weighted by molar-refractivity contribution is 5.57. The minimum absolute atomic E-state index is 0.189. The molecule has 1 N–H and O–H groups in total. The average Bonchev–Trinajstić information content (AvgIpc) is 2.57. The Labute approximate surface area is 131 Å². The van der Waals surface area contributed by atoms with Gasteiger partial charge in [0.15, 0.2) is 0 Å². The molecule has 3 aromatic rings. The summed E-state index contributed by atoms with van der Waals surface area (Å²) in [6.07, 6.45) is 0. The molecule has 0 aliphatic heterocycles. The molecule has 0 spiro atoms. The third-order valence-corrected chi connectivity index (χ3v) is 3.59. The fourth-order valence-electron chi connectivity index (χ4n) is 2.51. The number of phenols is 1. The zero-order chi connectivity index (χ0) is 15.2. The van der Waals surface area contributed by atoms with E-state index in [-0.39, 0.29) is 5.75 Å². The molecule has 0 aliphatic rings. The summed E-state index contributed by atoms with van der Waals surface area (Å²) in [6.45, 7) is 1.47. The van der Waals surface area contributed by atoms with Crippen LogP contribution in [0.1, 0.15) is 11.1 Å². The van der Waals surface area contributed by atoms with Crippen molar-refractivity contribution in [3.63, 3.8) is 0 Å². The van der Waals surface area contributed by atoms with E-state index in [9.17, 15) is 5.11 Å². The van der Waals surface area contributed by atoms with Crippen LogP contribution in [0.25, 0.3) is 0 Å². The normalized spacial score (nSPS) is 10.4.